The molecule has 1 aliphatic heterocycles. The highest BCUT2D eigenvalue weighted by Crippen LogP contribution is 2.20. The molecular formula is C26H25F2N3O3. The van der Waals surface area contributed by atoms with Crippen molar-refractivity contribution in [1.29, 1.82) is 0 Å². The molecule has 1 N–H and O–H groups in total. The second-order valence-corrected chi connectivity index (χ2v) is 8.05. The fourth-order valence-electron chi connectivity index (χ4n) is 3.80. The Morgan fingerprint density at radius 3 is 2.24 bits per heavy atom. The molecule has 1 fully saturated rings. The lowest BCUT2D eigenvalue weighted by molar-refractivity contribution is -0.119. The van der Waals surface area contributed by atoms with Gasteiger partial charge < -0.3 is 15.0 Å². The maximum Gasteiger partial charge on any atom is 0.338 e. The van der Waals surface area contributed by atoms with E-state index in [1.807, 2.05) is 18.2 Å². The highest BCUT2D eigenvalue weighted by atomic mass is 19.2. The van der Waals surface area contributed by atoms with Crippen LogP contribution in [-0.4, -0.2) is 49.6 Å². The summed E-state index contributed by atoms with van der Waals surface area (Å²) in [5, 5.41) is 2.66. The average molecular weight is 466 g/mol. The molecule has 1 amide bonds. The van der Waals surface area contributed by atoms with Crippen LogP contribution in [0.5, 0.6) is 0 Å². The first-order valence-corrected chi connectivity index (χ1v) is 11.0. The number of amides is 1. The van der Waals surface area contributed by atoms with Gasteiger partial charge in [0.15, 0.2) is 18.2 Å². The van der Waals surface area contributed by atoms with E-state index >= 15 is 0 Å². The normalized spacial score (nSPS) is 14.0. The number of hydrogen-bond donors (Lipinski definition) is 1. The van der Waals surface area contributed by atoms with Crippen LogP contribution in [0.15, 0.2) is 72.8 Å². The second-order valence-electron chi connectivity index (χ2n) is 8.05. The molecule has 0 saturated carbocycles. The highest BCUT2D eigenvalue weighted by Gasteiger charge is 2.18. The summed E-state index contributed by atoms with van der Waals surface area (Å²) >= 11 is 0. The summed E-state index contributed by atoms with van der Waals surface area (Å²) in [6.45, 7) is 4.17. The van der Waals surface area contributed by atoms with E-state index in [1.165, 1.54) is 5.56 Å². The van der Waals surface area contributed by atoms with Crippen molar-refractivity contribution in [2.45, 2.75) is 6.54 Å². The molecule has 1 aliphatic rings. The lowest BCUT2D eigenvalue weighted by Gasteiger charge is -2.36. The number of carbonyl (C=O) groups excluding carboxylic acids is 2. The van der Waals surface area contributed by atoms with Crippen molar-refractivity contribution in [2.24, 2.45) is 0 Å². The number of piperazine rings is 1. The van der Waals surface area contributed by atoms with E-state index in [2.05, 4.69) is 39.4 Å². The van der Waals surface area contributed by atoms with Crippen LogP contribution in [0.25, 0.3) is 0 Å². The maximum absolute atomic E-state index is 13.2. The number of nitrogens with one attached hydrogen (secondary N) is 1. The molecule has 4 rings (SSSR count). The number of ether oxygens (including phenoxy) is 1. The van der Waals surface area contributed by atoms with E-state index in [0.29, 0.717) is 5.69 Å². The van der Waals surface area contributed by atoms with Crippen LogP contribution in [0.4, 0.5) is 20.2 Å². The first-order valence-electron chi connectivity index (χ1n) is 11.0. The number of nitrogens with zero attached hydrogens (tertiary/aromatic N) is 2. The van der Waals surface area contributed by atoms with Crippen molar-refractivity contribution in [1.82, 2.24) is 4.90 Å². The van der Waals surface area contributed by atoms with E-state index in [0.717, 1.165) is 56.6 Å². The minimum atomic E-state index is -1.16. The molecule has 176 valence electrons. The van der Waals surface area contributed by atoms with E-state index in [4.69, 9.17) is 4.74 Å². The highest BCUT2D eigenvalue weighted by molar-refractivity contribution is 5.95. The fraction of sp³-hybridized carbons (Fsp3) is 0.231. The Bertz CT molecular complexity index is 1130. The summed E-state index contributed by atoms with van der Waals surface area (Å²) in [5.41, 5.74) is 2.79. The predicted molar refractivity (Wildman–Crippen MR) is 126 cm³/mol. The zero-order chi connectivity index (χ0) is 23.9. The van der Waals surface area contributed by atoms with E-state index < -0.39 is 30.1 Å². The Kier molecular flexibility index (Phi) is 7.49. The molecule has 0 aromatic heterocycles. The van der Waals surface area contributed by atoms with Gasteiger partial charge in [0.25, 0.3) is 5.91 Å². The standard InChI is InChI=1S/C26H25F2N3O3/c27-23-11-6-20(16-24(23)28)26(33)34-18-25(32)29-21-7-9-22(10-8-21)31-14-12-30(13-15-31)17-19-4-2-1-3-5-19/h1-11,16H,12-15,17-18H2,(H,29,32). The molecule has 3 aromatic rings. The van der Waals surface area contributed by atoms with Gasteiger partial charge in [-0.2, -0.15) is 0 Å². The van der Waals surface area contributed by atoms with Gasteiger partial charge in [-0.05, 0) is 48.0 Å². The van der Waals surface area contributed by atoms with Crippen LogP contribution in [0.3, 0.4) is 0 Å². The molecule has 6 nitrogen and oxygen atoms in total. The summed E-state index contributed by atoms with van der Waals surface area (Å²) in [6.07, 6.45) is 0. The van der Waals surface area contributed by atoms with Crippen molar-refractivity contribution < 1.29 is 23.1 Å². The topological polar surface area (TPSA) is 61.9 Å². The number of benzene rings is 3. The maximum atomic E-state index is 13.2. The van der Waals surface area contributed by atoms with Crippen LogP contribution in [0.1, 0.15) is 15.9 Å². The van der Waals surface area contributed by atoms with Gasteiger partial charge in [-0.1, -0.05) is 30.3 Å². The summed E-state index contributed by atoms with van der Waals surface area (Å²) < 4.78 is 31.1. The SMILES string of the molecule is O=C(COC(=O)c1ccc(F)c(F)c1)Nc1ccc(N2CCN(Cc3ccccc3)CC2)cc1. The van der Waals surface area contributed by atoms with Crippen molar-refractivity contribution >= 4 is 23.3 Å². The molecule has 1 saturated heterocycles. The Morgan fingerprint density at radius 1 is 0.853 bits per heavy atom. The molecule has 1 heterocycles. The van der Waals surface area contributed by atoms with Gasteiger partial charge in [-0.3, -0.25) is 9.69 Å². The Labute approximate surface area is 196 Å². The molecule has 0 spiro atoms. The zero-order valence-electron chi connectivity index (χ0n) is 18.5. The van der Waals surface area contributed by atoms with Crippen LogP contribution in [-0.2, 0) is 16.1 Å². The van der Waals surface area contributed by atoms with Crippen LogP contribution in [0.2, 0.25) is 0 Å². The van der Waals surface area contributed by atoms with Gasteiger partial charge in [0.1, 0.15) is 0 Å². The van der Waals surface area contributed by atoms with Gasteiger partial charge in [0.05, 0.1) is 5.56 Å². The Hall–Kier alpha value is -3.78. The van der Waals surface area contributed by atoms with Crippen molar-refractivity contribution in [3.63, 3.8) is 0 Å². The molecule has 0 bridgehead atoms. The van der Waals surface area contributed by atoms with Gasteiger partial charge in [0.2, 0.25) is 0 Å². The first-order chi connectivity index (χ1) is 16.5. The number of hydrogen-bond acceptors (Lipinski definition) is 5. The molecule has 8 heteroatoms. The van der Waals surface area contributed by atoms with Crippen molar-refractivity contribution in [3.05, 3.63) is 95.6 Å². The summed E-state index contributed by atoms with van der Waals surface area (Å²) in [5.74, 6) is -3.66. The molecule has 0 unspecified atom stereocenters. The predicted octanol–water partition coefficient (Wildman–Crippen LogP) is 4.08. The molecule has 0 radical (unpaired) electrons. The summed E-state index contributed by atoms with van der Waals surface area (Å²) in [4.78, 5) is 28.7. The van der Waals surface area contributed by atoms with E-state index in [1.54, 1.807) is 12.1 Å². The molecule has 3 aromatic carbocycles. The molecule has 0 aliphatic carbocycles. The third kappa shape index (κ3) is 6.17. The lowest BCUT2D eigenvalue weighted by atomic mass is 10.2. The molecule has 34 heavy (non-hydrogen) atoms. The van der Waals surface area contributed by atoms with Crippen LogP contribution >= 0.6 is 0 Å². The second kappa shape index (κ2) is 10.9. The van der Waals surface area contributed by atoms with Crippen LogP contribution in [0, 0.1) is 11.6 Å². The average Bonchev–Trinajstić information content (AvgIpc) is 2.86. The van der Waals surface area contributed by atoms with Crippen molar-refractivity contribution in [3.8, 4) is 0 Å². The number of esters is 1. The molecular weight excluding hydrogens is 440 g/mol. The first kappa shape index (κ1) is 23.4. The van der Waals surface area contributed by atoms with Crippen LogP contribution < -0.4 is 10.2 Å². The van der Waals surface area contributed by atoms with Gasteiger partial charge in [-0.25, -0.2) is 13.6 Å². The lowest BCUT2D eigenvalue weighted by Crippen LogP contribution is -2.45. The number of anilines is 2. The van der Waals surface area contributed by atoms with E-state index in [9.17, 15) is 18.4 Å². The summed E-state index contributed by atoms with van der Waals surface area (Å²) in [6, 6.07) is 20.5. The number of carbonyl (C=O) groups is 2. The van der Waals surface area contributed by atoms with Gasteiger partial charge >= 0.3 is 5.97 Å². The Balaban J connectivity index is 1.22. The quantitative estimate of drug-likeness (QED) is 0.533. The number of halogens is 2. The monoisotopic (exact) mass is 465 g/mol. The summed E-state index contributed by atoms with van der Waals surface area (Å²) in [7, 11) is 0. The minimum Gasteiger partial charge on any atom is -0.452 e. The third-order valence-electron chi connectivity index (χ3n) is 5.63. The smallest absolute Gasteiger partial charge is 0.338 e. The largest absolute Gasteiger partial charge is 0.452 e. The zero-order valence-corrected chi connectivity index (χ0v) is 18.5. The number of rotatable bonds is 7. The van der Waals surface area contributed by atoms with Gasteiger partial charge in [-0.15, -0.1) is 0 Å². The minimum absolute atomic E-state index is 0.167. The van der Waals surface area contributed by atoms with Crippen molar-refractivity contribution in [2.75, 3.05) is 43.0 Å². The van der Waals surface area contributed by atoms with E-state index in [-0.39, 0.29) is 5.56 Å². The fourth-order valence-corrected chi connectivity index (χ4v) is 3.80. The molecule has 0 atom stereocenters. The van der Waals surface area contributed by atoms with Gasteiger partial charge in [0, 0.05) is 44.1 Å². The Morgan fingerprint density at radius 2 is 1.56 bits per heavy atom. The third-order valence-corrected chi connectivity index (χ3v) is 5.63.